The Hall–Kier alpha value is -3.00. The molecule has 0 aromatic heterocycles. The zero-order chi connectivity index (χ0) is 19.8. The fourth-order valence-corrected chi connectivity index (χ4v) is 3.08. The van der Waals surface area contributed by atoms with Gasteiger partial charge in [-0.3, -0.25) is 4.79 Å². The summed E-state index contributed by atoms with van der Waals surface area (Å²) in [5, 5.41) is 11.4. The van der Waals surface area contributed by atoms with Crippen molar-refractivity contribution in [3.05, 3.63) is 48.0 Å². The van der Waals surface area contributed by atoms with Crippen molar-refractivity contribution < 1.29 is 14.3 Å². The van der Waals surface area contributed by atoms with E-state index in [0.717, 1.165) is 22.4 Å². The van der Waals surface area contributed by atoms with Gasteiger partial charge in [-0.25, -0.2) is 0 Å². The topological polar surface area (TPSA) is 71.3 Å². The van der Waals surface area contributed by atoms with Gasteiger partial charge in [0.15, 0.2) is 0 Å². The van der Waals surface area contributed by atoms with Gasteiger partial charge >= 0.3 is 0 Å². The van der Waals surface area contributed by atoms with Gasteiger partial charge in [-0.05, 0) is 35.6 Å². The van der Waals surface area contributed by atoms with Crippen LogP contribution in [0.2, 0.25) is 0 Å². The van der Waals surface area contributed by atoms with Crippen LogP contribution in [0, 0.1) is 17.2 Å². The van der Waals surface area contributed by atoms with E-state index in [9.17, 15) is 4.79 Å². The molecule has 5 nitrogen and oxygen atoms in total. The number of rotatable bonds is 8. The van der Waals surface area contributed by atoms with Crippen LogP contribution >= 0.6 is 0 Å². The maximum absolute atomic E-state index is 12.6. The molecule has 1 unspecified atom stereocenters. The first-order valence-electron chi connectivity index (χ1n) is 8.97. The molecule has 2 aromatic carbocycles. The number of amides is 1. The van der Waals surface area contributed by atoms with Crippen molar-refractivity contribution in [1.82, 2.24) is 5.32 Å². The highest BCUT2D eigenvalue weighted by Gasteiger charge is 2.22. The largest absolute Gasteiger partial charge is 0.497 e. The fourth-order valence-electron chi connectivity index (χ4n) is 3.08. The van der Waals surface area contributed by atoms with Gasteiger partial charge in [0.2, 0.25) is 5.91 Å². The quantitative estimate of drug-likeness (QED) is 0.713. The lowest BCUT2D eigenvalue weighted by molar-refractivity contribution is -0.122. The second-order valence-corrected chi connectivity index (χ2v) is 6.75. The number of ether oxygens (including phenoxy) is 2. The van der Waals surface area contributed by atoms with Crippen LogP contribution in [-0.2, 0) is 4.79 Å². The van der Waals surface area contributed by atoms with E-state index in [1.807, 2.05) is 48.5 Å². The summed E-state index contributed by atoms with van der Waals surface area (Å²) in [6.45, 7) is 4.18. The highest BCUT2D eigenvalue weighted by Crippen LogP contribution is 2.35. The monoisotopic (exact) mass is 366 g/mol. The van der Waals surface area contributed by atoms with Crippen LogP contribution in [0.3, 0.4) is 0 Å². The number of carbonyl (C=O) groups is 1. The van der Waals surface area contributed by atoms with E-state index < -0.39 is 0 Å². The molecule has 0 bridgehead atoms. The lowest BCUT2D eigenvalue weighted by atomic mass is 9.88. The molecule has 0 heterocycles. The number of hydrogen-bond acceptors (Lipinski definition) is 4. The molecule has 27 heavy (non-hydrogen) atoms. The van der Waals surface area contributed by atoms with E-state index in [1.54, 1.807) is 14.2 Å². The molecule has 0 radical (unpaired) electrons. The molecule has 142 valence electrons. The molecule has 5 heteroatoms. The van der Waals surface area contributed by atoms with Gasteiger partial charge in [0.05, 0.1) is 26.2 Å². The first-order chi connectivity index (χ1) is 13.0. The van der Waals surface area contributed by atoms with Crippen molar-refractivity contribution in [3.63, 3.8) is 0 Å². The highest BCUT2D eigenvalue weighted by molar-refractivity contribution is 5.84. The van der Waals surface area contributed by atoms with Crippen molar-refractivity contribution >= 4 is 5.91 Å². The first kappa shape index (κ1) is 20.3. The number of nitriles is 1. The van der Waals surface area contributed by atoms with E-state index in [2.05, 4.69) is 19.2 Å². The number of methoxy groups -OCH3 is 2. The third kappa shape index (κ3) is 5.24. The molecular weight excluding hydrogens is 340 g/mol. The molecule has 0 aliphatic carbocycles. The van der Waals surface area contributed by atoms with Crippen molar-refractivity contribution in [2.75, 3.05) is 20.8 Å². The smallest absolute Gasteiger partial charge is 0.228 e. The number of hydrogen-bond donors (Lipinski definition) is 1. The summed E-state index contributed by atoms with van der Waals surface area (Å²) in [5.41, 5.74) is 2.82. The van der Waals surface area contributed by atoms with Crippen molar-refractivity contribution in [2.45, 2.75) is 26.2 Å². The molecule has 0 aliphatic rings. The fraction of sp³-hybridized carbons (Fsp3) is 0.364. The van der Waals surface area contributed by atoms with Gasteiger partial charge in [-0.1, -0.05) is 38.1 Å². The van der Waals surface area contributed by atoms with E-state index in [0.29, 0.717) is 18.1 Å². The molecule has 0 fully saturated rings. The zero-order valence-electron chi connectivity index (χ0n) is 16.3. The van der Waals surface area contributed by atoms with Crippen LogP contribution in [-0.4, -0.2) is 26.7 Å². The molecular formula is C22H26N2O3. The Bertz CT molecular complexity index is 825. The molecule has 1 N–H and O–H groups in total. The van der Waals surface area contributed by atoms with E-state index in [1.165, 1.54) is 0 Å². The molecule has 1 atom stereocenters. The Morgan fingerprint density at radius 1 is 1.15 bits per heavy atom. The van der Waals surface area contributed by atoms with Crippen LogP contribution in [0.4, 0.5) is 0 Å². The molecule has 0 spiro atoms. The summed E-state index contributed by atoms with van der Waals surface area (Å²) < 4.78 is 10.8. The summed E-state index contributed by atoms with van der Waals surface area (Å²) >= 11 is 0. The summed E-state index contributed by atoms with van der Waals surface area (Å²) in [4.78, 5) is 12.6. The minimum absolute atomic E-state index is 0.0133. The lowest BCUT2D eigenvalue weighted by Gasteiger charge is -2.19. The molecule has 0 aliphatic heterocycles. The lowest BCUT2D eigenvalue weighted by Crippen LogP contribution is -2.30. The Morgan fingerprint density at radius 3 is 2.56 bits per heavy atom. The van der Waals surface area contributed by atoms with Gasteiger partial charge in [-0.2, -0.15) is 5.26 Å². The second-order valence-electron chi connectivity index (χ2n) is 6.75. The van der Waals surface area contributed by atoms with Gasteiger partial charge in [-0.15, -0.1) is 0 Å². The third-order valence-corrected chi connectivity index (χ3v) is 4.37. The van der Waals surface area contributed by atoms with Crippen molar-refractivity contribution in [1.29, 1.82) is 5.26 Å². The third-order valence-electron chi connectivity index (χ3n) is 4.37. The summed E-state index contributed by atoms with van der Waals surface area (Å²) in [6.07, 6.45) is 0.709. The van der Waals surface area contributed by atoms with Gasteiger partial charge in [0, 0.05) is 11.6 Å². The average molecular weight is 366 g/mol. The van der Waals surface area contributed by atoms with Crippen LogP contribution in [0.25, 0.3) is 11.1 Å². The number of carbonyl (C=O) groups excluding carboxylic acids is 1. The predicted molar refractivity (Wildman–Crippen MR) is 106 cm³/mol. The molecule has 1 amide bonds. The molecule has 2 rings (SSSR count). The molecule has 0 saturated heterocycles. The summed E-state index contributed by atoms with van der Waals surface area (Å²) in [7, 11) is 3.24. The summed E-state index contributed by atoms with van der Waals surface area (Å²) in [5.74, 6) is 1.36. The van der Waals surface area contributed by atoms with Crippen LogP contribution in [0.15, 0.2) is 42.5 Å². The number of nitrogens with zero attached hydrogens (tertiary/aromatic N) is 1. The van der Waals surface area contributed by atoms with Crippen LogP contribution in [0.5, 0.6) is 11.5 Å². The minimum atomic E-state index is -0.303. The number of nitrogens with one attached hydrogen (secondary N) is 1. The van der Waals surface area contributed by atoms with Gasteiger partial charge in [0.25, 0.3) is 0 Å². The minimum Gasteiger partial charge on any atom is -0.497 e. The average Bonchev–Trinajstić information content (AvgIpc) is 2.69. The highest BCUT2D eigenvalue weighted by atomic mass is 16.5. The molecule has 0 saturated carbocycles. The maximum Gasteiger partial charge on any atom is 0.228 e. The van der Waals surface area contributed by atoms with E-state index in [-0.39, 0.29) is 18.4 Å². The SMILES string of the molecule is COc1ccc(-c2cccc(C(CC(C)C)C(=O)NCC#N)c2)c(OC)c1. The maximum atomic E-state index is 12.6. The van der Waals surface area contributed by atoms with Crippen LogP contribution in [0.1, 0.15) is 31.7 Å². The summed E-state index contributed by atoms with van der Waals surface area (Å²) in [6, 6.07) is 15.5. The Labute approximate surface area is 160 Å². The first-order valence-corrected chi connectivity index (χ1v) is 8.97. The normalized spacial score (nSPS) is 11.6. The Balaban J connectivity index is 2.42. The molecule has 2 aromatic rings. The predicted octanol–water partition coefficient (Wildman–Crippen LogP) is 4.14. The Kier molecular flexibility index (Phi) is 7.25. The zero-order valence-corrected chi connectivity index (χ0v) is 16.3. The van der Waals surface area contributed by atoms with Crippen molar-refractivity contribution in [3.8, 4) is 28.7 Å². The number of benzene rings is 2. The Morgan fingerprint density at radius 2 is 1.93 bits per heavy atom. The van der Waals surface area contributed by atoms with Gasteiger partial charge < -0.3 is 14.8 Å². The standard InChI is InChI=1S/C22H26N2O3/c1-15(2)12-20(22(25)24-11-10-23)17-7-5-6-16(13-17)19-9-8-18(26-3)14-21(19)27-4/h5-9,13-15,20H,11-12H2,1-4H3,(H,24,25). The van der Waals surface area contributed by atoms with Gasteiger partial charge in [0.1, 0.15) is 18.0 Å². The van der Waals surface area contributed by atoms with E-state index in [4.69, 9.17) is 14.7 Å². The van der Waals surface area contributed by atoms with E-state index >= 15 is 0 Å². The van der Waals surface area contributed by atoms with Crippen LogP contribution < -0.4 is 14.8 Å². The second kappa shape index (κ2) is 9.63. The van der Waals surface area contributed by atoms with Crippen molar-refractivity contribution in [2.24, 2.45) is 5.92 Å².